The van der Waals surface area contributed by atoms with Crippen LogP contribution in [0.1, 0.15) is 39.0 Å². The number of rotatable bonds is 4. The Hall–Kier alpha value is -0.0151. The summed E-state index contributed by atoms with van der Waals surface area (Å²) in [7, 11) is -1.10. The highest BCUT2D eigenvalue weighted by Gasteiger charge is 2.26. The Bertz CT molecular complexity index is 122. The van der Waals surface area contributed by atoms with Gasteiger partial charge in [0.1, 0.15) is 0 Å². The molecule has 12 heavy (non-hydrogen) atoms. The van der Waals surface area contributed by atoms with Gasteiger partial charge in [-0.05, 0) is 18.2 Å². The quantitative estimate of drug-likeness (QED) is 0.630. The van der Waals surface area contributed by atoms with E-state index in [9.17, 15) is 0 Å². The van der Waals surface area contributed by atoms with Gasteiger partial charge in [0.25, 0.3) is 0 Å². The van der Waals surface area contributed by atoms with E-state index >= 15 is 0 Å². The average Bonchev–Trinajstić information content (AvgIpc) is 2.51. The summed E-state index contributed by atoms with van der Waals surface area (Å²) in [5.41, 5.74) is 0. The zero-order valence-electron chi connectivity index (χ0n) is 7.87. The van der Waals surface area contributed by atoms with Crippen molar-refractivity contribution >= 4 is 7.12 Å². The lowest BCUT2D eigenvalue weighted by Crippen LogP contribution is -2.21. The topological polar surface area (TPSA) is 40.5 Å². The second-order valence-corrected chi connectivity index (χ2v) is 3.93. The Labute approximate surface area is 75.1 Å². The molecule has 0 aliphatic heterocycles. The molecule has 2 N–H and O–H groups in total. The van der Waals surface area contributed by atoms with Crippen LogP contribution in [0.4, 0.5) is 0 Å². The summed E-state index contributed by atoms with van der Waals surface area (Å²) in [5.74, 6) is 1.30. The highest BCUT2D eigenvalue weighted by Crippen LogP contribution is 2.35. The van der Waals surface area contributed by atoms with Crippen LogP contribution in [-0.2, 0) is 0 Å². The molecular formula is C9H19BO2. The molecular weight excluding hydrogens is 151 g/mol. The van der Waals surface area contributed by atoms with Gasteiger partial charge in [-0.25, -0.2) is 0 Å². The average molecular weight is 170 g/mol. The maximum absolute atomic E-state index is 8.87. The highest BCUT2D eigenvalue weighted by molar-refractivity contribution is 6.41. The molecule has 0 spiro atoms. The molecule has 1 atom stereocenters. The van der Waals surface area contributed by atoms with Gasteiger partial charge in [0, 0.05) is 0 Å². The maximum atomic E-state index is 8.87. The van der Waals surface area contributed by atoms with Crippen molar-refractivity contribution in [2.75, 3.05) is 0 Å². The van der Waals surface area contributed by atoms with E-state index in [2.05, 4.69) is 6.92 Å². The van der Waals surface area contributed by atoms with E-state index in [1.807, 2.05) is 0 Å². The van der Waals surface area contributed by atoms with Crippen LogP contribution in [0, 0.1) is 11.8 Å². The lowest BCUT2D eigenvalue weighted by molar-refractivity contribution is 0.317. The van der Waals surface area contributed by atoms with E-state index in [1.54, 1.807) is 0 Å². The third-order valence-corrected chi connectivity index (χ3v) is 3.10. The van der Waals surface area contributed by atoms with Crippen LogP contribution in [0.5, 0.6) is 0 Å². The standard InChI is InChI=1S/C9H19BO2/c1-2-8(7-10(11)12)9-5-3-4-6-9/h8-9,11-12H,2-7H2,1H3. The van der Waals surface area contributed by atoms with Crippen molar-refractivity contribution < 1.29 is 10.0 Å². The fraction of sp³-hybridized carbons (Fsp3) is 1.00. The number of hydrogen-bond acceptors (Lipinski definition) is 2. The molecule has 2 nitrogen and oxygen atoms in total. The molecule has 70 valence electrons. The smallest absolute Gasteiger partial charge is 0.427 e. The van der Waals surface area contributed by atoms with Gasteiger partial charge in [-0.2, -0.15) is 0 Å². The van der Waals surface area contributed by atoms with Gasteiger partial charge < -0.3 is 10.0 Å². The molecule has 0 radical (unpaired) electrons. The van der Waals surface area contributed by atoms with Crippen molar-refractivity contribution in [2.24, 2.45) is 11.8 Å². The second kappa shape index (κ2) is 4.88. The van der Waals surface area contributed by atoms with E-state index in [1.165, 1.54) is 25.7 Å². The fourth-order valence-electron chi connectivity index (χ4n) is 2.39. The van der Waals surface area contributed by atoms with Crippen LogP contribution < -0.4 is 0 Å². The summed E-state index contributed by atoms with van der Waals surface area (Å²) in [6.45, 7) is 2.14. The molecule has 0 aromatic rings. The van der Waals surface area contributed by atoms with E-state index < -0.39 is 7.12 Å². The van der Waals surface area contributed by atoms with Gasteiger partial charge in [-0.3, -0.25) is 0 Å². The first kappa shape index (κ1) is 10.1. The molecule has 1 fully saturated rings. The Morgan fingerprint density at radius 2 is 1.92 bits per heavy atom. The minimum atomic E-state index is -1.10. The van der Waals surface area contributed by atoms with Crippen molar-refractivity contribution in [3.63, 3.8) is 0 Å². The molecule has 1 aliphatic rings. The largest absolute Gasteiger partial charge is 0.451 e. The van der Waals surface area contributed by atoms with Crippen LogP contribution in [0.15, 0.2) is 0 Å². The fourth-order valence-corrected chi connectivity index (χ4v) is 2.39. The van der Waals surface area contributed by atoms with Crippen LogP contribution >= 0.6 is 0 Å². The van der Waals surface area contributed by atoms with Crippen molar-refractivity contribution in [2.45, 2.75) is 45.3 Å². The summed E-state index contributed by atoms with van der Waals surface area (Å²) in [6, 6.07) is 0. The molecule has 1 saturated carbocycles. The van der Waals surface area contributed by atoms with Crippen LogP contribution in [0.3, 0.4) is 0 Å². The van der Waals surface area contributed by atoms with Crippen LogP contribution in [0.25, 0.3) is 0 Å². The third-order valence-electron chi connectivity index (χ3n) is 3.10. The summed E-state index contributed by atoms with van der Waals surface area (Å²) in [5, 5.41) is 17.7. The van der Waals surface area contributed by atoms with Gasteiger partial charge in [0.2, 0.25) is 0 Å². The Morgan fingerprint density at radius 3 is 2.33 bits per heavy atom. The molecule has 0 aromatic carbocycles. The first-order chi connectivity index (χ1) is 5.74. The van der Waals surface area contributed by atoms with Crippen LogP contribution in [-0.4, -0.2) is 17.2 Å². The van der Waals surface area contributed by atoms with Crippen LogP contribution in [0.2, 0.25) is 6.32 Å². The molecule has 1 rings (SSSR count). The maximum Gasteiger partial charge on any atom is 0.451 e. The monoisotopic (exact) mass is 170 g/mol. The molecule has 1 unspecified atom stereocenters. The zero-order valence-corrected chi connectivity index (χ0v) is 7.87. The molecule has 0 aromatic heterocycles. The van der Waals surface area contributed by atoms with Gasteiger partial charge in [0.05, 0.1) is 0 Å². The lowest BCUT2D eigenvalue weighted by Gasteiger charge is -2.21. The zero-order chi connectivity index (χ0) is 8.97. The Balaban J connectivity index is 2.32. The molecule has 0 amide bonds. The summed E-state index contributed by atoms with van der Waals surface area (Å²) >= 11 is 0. The van der Waals surface area contributed by atoms with Gasteiger partial charge in [-0.1, -0.05) is 39.0 Å². The first-order valence-corrected chi connectivity index (χ1v) is 5.10. The molecule has 1 aliphatic carbocycles. The first-order valence-electron chi connectivity index (χ1n) is 5.10. The lowest BCUT2D eigenvalue weighted by atomic mass is 9.72. The second-order valence-electron chi connectivity index (χ2n) is 3.93. The Kier molecular flexibility index (Phi) is 4.09. The van der Waals surface area contributed by atoms with Crippen molar-refractivity contribution in [3.05, 3.63) is 0 Å². The molecule has 3 heteroatoms. The van der Waals surface area contributed by atoms with Crippen molar-refractivity contribution in [1.82, 2.24) is 0 Å². The highest BCUT2D eigenvalue weighted by atomic mass is 16.4. The van der Waals surface area contributed by atoms with E-state index in [0.717, 1.165) is 12.3 Å². The van der Waals surface area contributed by atoms with Gasteiger partial charge >= 0.3 is 7.12 Å². The van der Waals surface area contributed by atoms with E-state index in [-0.39, 0.29) is 0 Å². The van der Waals surface area contributed by atoms with Crippen molar-refractivity contribution in [1.29, 1.82) is 0 Å². The number of hydrogen-bond donors (Lipinski definition) is 2. The summed E-state index contributed by atoms with van der Waals surface area (Å²) in [4.78, 5) is 0. The van der Waals surface area contributed by atoms with E-state index in [4.69, 9.17) is 10.0 Å². The normalized spacial score (nSPS) is 21.2. The Morgan fingerprint density at radius 1 is 1.33 bits per heavy atom. The molecule has 0 heterocycles. The van der Waals surface area contributed by atoms with Gasteiger partial charge in [0.15, 0.2) is 0 Å². The summed E-state index contributed by atoms with van der Waals surface area (Å²) < 4.78 is 0. The van der Waals surface area contributed by atoms with Crippen molar-refractivity contribution in [3.8, 4) is 0 Å². The van der Waals surface area contributed by atoms with Gasteiger partial charge in [-0.15, -0.1) is 0 Å². The summed E-state index contributed by atoms with van der Waals surface area (Å²) in [6.07, 6.45) is 6.92. The predicted molar refractivity (Wildman–Crippen MR) is 50.7 cm³/mol. The minimum absolute atomic E-state index is 0.535. The SMILES string of the molecule is CCC(CB(O)O)C1CCCC1. The minimum Gasteiger partial charge on any atom is -0.427 e. The predicted octanol–water partition coefficient (Wildman–Crippen LogP) is 1.68. The molecule has 0 saturated heterocycles. The van der Waals surface area contributed by atoms with E-state index in [0.29, 0.717) is 12.2 Å². The molecule has 0 bridgehead atoms. The third kappa shape index (κ3) is 2.79.